The van der Waals surface area contributed by atoms with Gasteiger partial charge in [0, 0.05) is 25.7 Å². The molecule has 0 bridgehead atoms. The summed E-state index contributed by atoms with van der Waals surface area (Å²) in [5.41, 5.74) is 1.85. The molecule has 3 amide bonds. The van der Waals surface area contributed by atoms with Crippen molar-refractivity contribution in [3.8, 4) is 0 Å². The summed E-state index contributed by atoms with van der Waals surface area (Å²) in [5, 5.41) is 8.78. The Balaban J connectivity index is 1.62. The topological polar surface area (TPSA) is 83.1 Å². The molecule has 2 rings (SSSR count). The summed E-state index contributed by atoms with van der Waals surface area (Å²) >= 11 is 0. The zero-order valence-corrected chi connectivity index (χ0v) is 14.4. The van der Waals surface area contributed by atoms with Crippen LogP contribution in [-0.4, -0.2) is 29.5 Å². The van der Waals surface area contributed by atoms with Crippen LogP contribution in [0.5, 0.6) is 0 Å². The molecule has 0 aliphatic heterocycles. The first-order valence-electron chi connectivity index (χ1n) is 8.90. The van der Waals surface area contributed by atoms with E-state index in [1.54, 1.807) is 12.4 Å². The van der Waals surface area contributed by atoms with Gasteiger partial charge in [0.2, 0.25) is 5.91 Å². The van der Waals surface area contributed by atoms with Crippen LogP contribution in [0.4, 0.5) is 10.5 Å². The van der Waals surface area contributed by atoms with E-state index >= 15 is 0 Å². The maximum atomic E-state index is 11.8. The second-order valence-corrected chi connectivity index (χ2v) is 6.41. The van der Waals surface area contributed by atoms with E-state index in [0.717, 1.165) is 43.4 Å². The fourth-order valence-corrected chi connectivity index (χ4v) is 3.07. The Morgan fingerprint density at radius 3 is 2.75 bits per heavy atom. The van der Waals surface area contributed by atoms with E-state index < -0.39 is 0 Å². The van der Waals surface area contributed by atoms with Crippen molar-refractivity contribution < 1.29 is 9.59 Å². The number of urea groups is 1. The first-order valence-corrected chi connectivity index (χ1v) is 8.90. The lowest BCUT2D eigenvalue weighted by atomic mass is 9.96. The second kappa shape index (κ2) is 9.90. The molecule has 24 heavy (non-hydrogen) atoms. The molecule has 1 aliphatic carbocycles. The van der Waals surface area contributed by atoms with Gasteiger partial charge in [-0.15, -0.1) is 0 Å². The second-order valence-electron chi connectivity index (χ2n) is 6.41. The van der Waals surface area contributed by atoms with E-state index in [2.05, 4.69) is 20.9 Å². The van der Waals surface area contributed by atoms with E-state index in [1.165, 1.54) is 26.2 Å². The Morgan fingerprint density at radius 2 is 2.00 bits per heavy atom. The van der Waals surface area contributed by atoms with Crippen molar-refractivity contribution in [3.05, 3.63) is 24.0 Å². The number of carbonyl (C=O) groups is 2. The zero-order chi connectivity index (χ0) is 17.2. The molecule has 1 fully saturated rings. The number of carbonyl (C=O) groups excluding carboxylic acids is 2. The van der Waals surface area contributed by atoms with Gasteiger partial charge in [0.15, 0.2) is 0 Å². The number of anilines is 1. The number of unbranched alkanes of at least 4 members (excludes halogenated alkanes) is 1. The molecule has 6 nitrogen and oxygen atoms in total. The van der Waals surface area contributed by atoms with E-state index in [4.69, 9.17) is 0 Å². The molecule has 3 N–H and O–H groups in total. The molecule has 1 aromatic rings. The molecule has 0 aromatic carbocycles. The van der Waals surface area contributed by atoms with Crippen molar-refractivity contribution >= 4 is 17.6 Å². The summed E-state index contributed by atoms with van der Waals surface area (Å²) in [6.45, 7) is 2.16. The summed E-state index contributed by atoms with van der Waals surface area (Å²) in [6.07, 6.45) is 12.0. The predicted octanol–water partition coefficient (Wildman–Crippen LogP) is 2.99. The zero-order valence-electron chi connectivity index (χ0n) is 14.4. The van der Waals surface area contributed by atoms with Gasteiger partial charge in [-0.3, -0.25) is 9.78 Å². The van der Waals surface area contributed by atoms with Gasteiger partial charge in [0.1, 0.15) is 0 Å². The maximum Gasteiger partial charge on any atom is 0.315 e. The van der Waals surface area contributed by atoms with Crippen LogP contribution in [0.3, 0.4) is 0 Å². The molecular weight excluding hydrogens is 304 g/mol. The van der Waals surface area contributed by atoms with Crippen LogP contribution in [0.1, 0.15) is 57.4 Å². The number of pyridine rings is 1. The molecule has 0 saturated heterocycles. The summed E-state index contributed by atoms with van der Waals surface area (Å²) in [6, 6.07) is 2.22. The SMILES string of the molecule is CC(=O)Nc1cnccc1CCCCNC(=O)NC1CCCCC1. The fraction of sp³-hybridized carbons (Fsp3) is 0.611. The quantitative estimate of drug-likeness (QED) is 0.671. The fourth-order valence-electron chi connectivity index (χ4n) is 3.07. The third-order valence-electron chi connectivity index (χ3n) is 4.32. The van der Waals surface area contributed by atoms with Gasteiger partial charge < -0.3 is 16.0 Å². The number of nitrogens with one attached hydrogen (secondary N) is 3. The van der Waals surface area contributed by atoms with Gasteiger partial charge in [0.25, 0.3) is 0 Å². The highest BCUT2D eigenvalue weighted by Gasteiger charge is 2.15. The largest absolute Gasteiger partial charge is 0.338 e. The Kier molecular flexibility index (Phi) is 7.52. The van der Waals surface area contributed by atoms with Crippen LogP contribution in [0.15, 0.2) is 18.5 Å². The smallest absolute Gasteiger partial charge is 0.315 e. The lowest BCUT2D eigenvalue weighted by Crippen LogP contribution is -2.43. The predicted molar refractivity (Wildman–Crippen MR) is 94.9 cm³/mol. The maximum absolute atomic E-state index is 11.8. The summed E-state index contributed by atoms with van der Waals surface area (Å²) in [4.78, 5) is 27.1. The molecule has 0 radical (unpaired) electrons. The Morgan fingerprint density at radius 1 is 1.21 bits per heavy atom. The minimum atomic E-state index is -0.0923. The highest BCUT2D eigenvalue weighted by atomic mass is 16.2. The standard InChI is InChI=1S/C18H28N4O2/c1-14(23)21-17-13-19-12-10-15(17)7-5-6-11-20-18(24)22-16-8-3-2-4-9-16/h10,12-13,16H,2-9,11H2,1H3,(H,21,23)(H2,20,22,24). The first kappa shape index (κ1) is 18.2. The molecule has 1 saturated carbocycles. The molecule has 1 aliphatic rings. The van der Waals surface area contributed by atoms with E-state index in [9.17, 15) is 9.59 Å². The van der Waals surface area contributed by atoms with Crippen LogP contribution in [0.25, 0.3) is 0 Å². The van der Waals surface area contributed by atoms with Crippen molar-refractivity contribution in [2.45, 2.75) is 64.3 Å². The molecule has 0 atom stereocenters. The van der Waals surface area contributed by atoms with Gasteiger partial charge in [-0.25, -0.2) is 4.79 Å². The molecule has 1 heterocycles. The summed E-state index contributed by atoms with van der Waals surface area (Å²) in [7, 11) is 0. The highest BCUT2D eigenvalue weighted by molar-refractivity contribution is 5.89. The lowest BCUT2D eigenvalue weighted by Gasteiger charge is -2.22. The Labute approximate surface area is 143 Å². The minimum Gasteiger partial charge on any atom is -0.338 e. The Bertz CT molecular complexity index is 542. The van der Waals surface area contributed by atoms with E-state index in [-0.39, 0.29) is 11.9 Å². The van der Waals surface area contributed by atoms with Crippen LogP contribution in [0, 0.1) is 0 Å². The van der Waals surface area contributed by atoms with Gasteiger partial charge in [-0.2, -0.15) is 0 Å². The number of hydrogen-bond acceptors (Lipinski definition) is 3. The number of rotatable bonds is 7. The van der Waals surface area contributed by atoms with Crippen molar-refractivity contribution in [1.29, 1.82) is 0 Å². The molecule has 6 heteroatoms. The molecule has 1 aromatic heterocycles. The van der Waals surface area contributed by atoms with Gasteiger partial charge in [-0.05, 0) is 43.7 Å². The van der Waals surface area contributed by atoms with Gasteiger partial charge >= 0.3 is 6.03 Å². The number of nitrogens with zero attached hydrogens (tertiary/aromatic N) is 1. The highest BCUT2D eigenvalue weighted by Crippen LogP contribution is 2.17. The normalized spacial score (nSPS) is 14.9. The minimum absolute atomic E-state index is 0.0512. The van der Waals surface area contributed by atoms with Crippen LogP contribution in [-0.2, 0) is 11.2 Å². The van der Waals surface area contributed by atoms with Crippen molar-refractivity contribution in [2.24, 2.45) is 0 Å². The molecular formula is C18H28N4O2. The molecule has 0 spiro atoms. The number of aromatic nitrogens is 1. The van der Waals surface area contributed by atoms with Crippen LogP contribution >= 0.6 is 0 Å². The summed E-state index contributed by atoms with van der Waals surface area (Å²) < 4.78 is 0. The molecule has 132 valence electrons. The number of aryl methyl sites for hydroxylation is 1. The molecule has 0 unspecified atom stereocenters. The third kappa shape index (κ3) is 6.56. The lowest BCUT2D eigenvalue weighted by molar-refractivity contribution is -0.114. The average molecular weight is 332 g/mol. The third-order valence-corrected chi connectivity index (χ3v) is 4.32. The van der Waals surface area contributed by atoms with Gasteiger partial charge in [-0.1, -0.05) is 19.3 Å². The summed E-state index contributed by atoms with van der Waals surface area (Å²) in [5.74, 6) is -0.0923. The average Bonchev–Trinajstić information content (AvgIpc) is 2.56. The van der Waals surface area contributed by atoms with Crippen LogP contribution < -0.4 is 16.0 Å². The Hall–Kier alpha value is -2.11. The number of amides is 3. The van der Waals surface area contributed by atoms with Crippen molar-refractivity contribution in [3.63, 3.8) is 0 Å². The first-order chi connectivity index (χ1) is 11.6. The van der Waals surface area contributed by atoms with Crippen molar-refractivity contribution in [1.82, 2.24) is 15.6 Å². The van der Waals surface area contributed by atoms with Gasteiger partial charge in [0.05, 0.1) is 11.9 Å². The number of hydrogen-bond donors (Lipinski definition) is 3. The van der Waals surface area contributed by atoms with Crippen molar-refractivity contribution in [2.75, 3.05) is 11.9 Å². The van der Waals surface area contributed by atoms with E-state index in [1.807, 2.05) is 6.07 Å². The monoisotopic (exact) mass is 332 g/mol. The van der Waals surface area contributed by atoms with E-state index in [0.29, 0.717) is 12.6 Å². The van der Waals surface area contributed by atoms with Crippen LogP contribution in [0.2, 0.25) is 0 Å².